The molecule has 0 aliphatic carbocycles. The molecule has 0 aromatic heterocycles. The van der Waals surface area contributed by atoms with E-state index in [1.165, 1.54) is 0 Å². The van der Waals surface area contributed by atoms with E-state index in [9.17, 15) is 14.4 Å². The number of piperidine rings is 1. The van der Waals surface area contributed by atoms with Gasteiger partial charge in [-0.1, -0.05) is 20.8 Å². The first-order valence-electron chi connectivity index (χ1n) is 7.19. The van der Waals surface area contributed by atoms with Crippen LogP contribution in [0.3, 0.4) is 0 Å². The van der Waals surface area contributed by atoms with Crippen LogP contribution in [-0.2, 0) is 37.1 Å². The molecule has 118 valence electrons. The molecular weight excluding hydrogens is 452 g/mol. The minimum atomic E-state index is -0.774. The summed E-state index contributed by atoms with van der Waals surface area (Å²) in [5, 5.41) is 6.04. The summed E-state index contributed by atoms with van der Waals surface area (Å²) in [7, 11) is 0. The van der Waals surface area contributed by atoms with Crippen molar-refractivity contribution >= 4 is 17.7 Å². The van der Waals surface area contributed by atoms with Gasteiger partial charge < -0.3 is 10.1 Å². The van der Waals surface area contributed by atoms with Gasteiger partial charge in [0.1, 0.15) is 0 Å². The number of rotatable bonds is 3. The molecule has 1 heterocycles. The van der Waals surface area contributed by atoms with Gasteiger partial charge in [0.25, 0.3) is 0 Å². The standard InChI is InChI=1S/C14H15N2O3.C2H6.W/c1-2-9-4-3-5-10(8-9)13(18)15-11-6-7-12(17)16-14(11)19;1-2;/h3-4,8,11H,2,6-7H2,1H3,(H2,15,16,17,18,19);1-2H3;/q-1;;+2/p-1/t11-;;/m1../s1. The largest absolute Gasteiger partial charge is 2.00 e. The topological polar surface area (TPSA) is 77.3 Å². The number of aryl methyl sites for hydroxylation is 1. The van der Waals surface area contributed by atoms with E-state index >= 15 is 0 Å². The van der Waals surface area contributed by atoms with Crippen LogP contribution in [-0.4, -0.2) is 23.8 Å². The SMILES string of the molecule is CC.CCc1cc[c-]c(C(=O)[N-][C@@H]2CCC(=O)NC2=O)c1.[W+2]. The van der Waals surface area contributed by atoms with E-state index in [2.05, 4.69) is 16.7 Å². The Morgan fingerprint density at radius 2 is 2.09 bits per heavy atom. The van der Waals surface area contributed by atoms with E-state index in [1.54, 1.807) is 12.1 Å². The number of imide groups is 1. The molecule has 6 heteroatoms. The summed E-state index contributed by atoms with van der Waals surface area (Å²) in [6, 6.07) is 7.31. The number of hydrogen-bond donors (Lipinski definition) is 1. The van der Waals surface area contributed by atoms with Crippen LogP contribution in [0.15, 0.2) is 18.2 Å². The molecule has 1 N–H and O–H groups in total. The van der Waals surface area contributed by atoms with Crippen LogP contribution >= 0.6 is 0 Å². The van der Waals surface area contributed by atoms with Gasteiger partial charge in [0, 0.05) is 6.42 Å². The molecule has 2 rings (SSSR count). The number of nitrogens with one attached hydrogen (secondary N) is 1. The van der Waals surface area contributed by atoms with Gasteiger partial charge >= 0.3 is 21.1 Å². The zero-order chi connectivity index (χ0) is 15.8. The molecule has 0 saturated carbocycles. The molecule has 22 heavy (non-hydrogen) atoms. The average Bonchev–Trinajstić information content (AvgIpc) is 2.52. The van der Waals surface area contributed by atoms with Crippen molar-refractivity contribution in [3.05, 3.63) is 40.7 Å². The first-order chi connectivity index (χ1) is 10.1. The quantitative estimate of drug-likeness (QED) is 0.543. The molecule has 0 bridgehead atoms. The van der Waals surface area contributed by atoms with Crippen LogP contribution in [0.5, 0.6) is 0 Å². The third-order valence-electron chi connectivity index (χ3n) is 2.99. The van der Waals surface area contributed by atoms with Gasteiger partial charge in [-0.2, -0.15) is 0 Å². The Labute approximate surface area is 145 Å². The van der Waals surface area contributed by atoms with Gasteiger partial charge in [0.15, 0.2) is 0 Å². The number of nitrogens with zero attached hydrogens (tertiary/aromatic N) is 1. The molecule has 0 unspecified atom stereocenters. The van der Waals surface area contributed by atoms with Crippen LogP contribution in [0.1, 0.15) is 49.5 Å². The number of hydrogen-bond acceptors (Lipinski definition) is 3. The predicted molar refractivity (Wildman–Crippen MR) is 79.9 cm³/mol. The maximum atomic E-state index is 11.9. The Bertz CT molecular complexity index is 532. The fourth-order valence-electron chi connectivity index (χ4n) is 1.87. The fraction of sp³-hybridized carbons (Fsp3) is 0.438. The molecule has 1 fully saturated rings. The Hall–Kier alpha value is -1.48. The van der Waals surface area contributed by atoms with Gasteiger partial charge in [0.05, 0.1) is 0 Å². The molecule has 0 spiro atoms. The number of benzene rings is 1. The van der Waals surface area contributed by atoms with Crippen LogP contribution in [0, 0.1) is 6.07 Å². The third kappa shape index (κ3) is 5.72. The van der Waals surface area contributed by atoms with E-state index in [0.29, 0.717) is 5.56 Å². The molecule has 0 radical (unpaired) electrons. The van der Waals surface area contributed by atoms with Crippen molar-refractivity contribution in [1.29, 1.82) is 0 Å². The van der Waals surface area contributed by atoms with Gasteiger partial charge in [-0.05, 0) is 24.8 Å². The van der Waals surface area contributed by atoms with Crippen molar-refractivity contribution in [3.8, 4) is 0 Å². The Morgan fingerprint density at radius 1 is 1.41 bits per heavy atom. The van der Waals surface area contributed by atoms with Crippen LogP contribution in [0.4, 0.5) is 0 Å². The van der Waals surface area contributed by atoms with E-state index in [0.717, 1.165) is 12.0 Å². The van der Waals surface area contributed by atoms with Gasteiger partial charge in [-0.25, -0.2) is 0 Å². The van der Waals surface area contributed by atoms with E-state index in [1.807, 2.05) is 26.8 Å². The zero-order valence-corrected chi connectivity index (χ0v) is 15.9. The van der Waals surface area contributed by atoms with E-state index in [4.69, 9.17) is 0 Å². The second kappa shape index (κ2) is 10.3. The van der Waals surface area contributed by atoms with Gasteiger partial charge in [-0.15, -0.1) is 35.4 Å². The second-order valence-corrected chi connectivity index (χ2v) is 4.37. The summed E-state index contributed by atoms with van der Waals surface area (Å²) in [6.07, 6.45) is 1.31. The van der Waals surface area contributed by atoms with Gasteiger partial charge in [0.2, 0.25) is 11.8 Å². The van der Waals surface area contributed by atoms with Crippen molar-refractivity contribution in [2.24, 2.45) is 0 Å². The normalized spacial score (nSPS) is 16.6. The maximum Gasteiger partial charge on any atom is 2.00 e. The Morgan fingerprint density at radius 3 is 2.68 bits per heavy atom. The molecule has 1 atom stereocenters. The molecular formula is C16H20N2O3W. The van der Waals surface area contributed by atoms with Crippen LogP contribution in [0.25, 0.3) is 5.32 Å². The number of carbonyl (C=O) groups is 3. The molecule has 1 saturated heterocycles. The third-order valence-corrected chi connectivity index (χ3v) is 2.99. The summed E-state index contributed by atoms with van der Waals surface area (Å²) in [4.78, 5) is 34.4. The predicted octanol–water partition coefficient (Wildman–Crippen LogP) is 2.39. The maximum absolute atomic E-state index is 11.9. The van der Waals surface area contributed by atoms with Crippen molar-refractivity contribution in [3.63, 3.8) is 0 Å². The summed E-state index contributed by atoms with van der Waals surface area (Å²) in [5.41, 5.74) is 1.37. The number of amides is 3. The molecule has 1 aromatic carbocycles. The van der Waals surface area contributed by atoms with Crippen molar-refractivity contribution < 1.29 is 35.4 Å². The van der Waals surface area contributed by atoms with E-state index < -0.39 is 17.9 Å². The first-order valence-corrected chi connectivity index (χ1v) is 7.19. The average molecular weight is 472 g/mol. The van der Waals surface area contributed by atoms with Gasteiger partial charge in [-0.3, -0.25) is 14.9 Å². The first kappa shape index (κ1) is 20.5. The van der Waals surface area contributed by atoms with E-state index in [-0.39, 0.29) is 39.8 Å². The summed E-state index contributed by atoms with van der Waals surface area (Å²) in [6.45, 7) is 5.99. The molecule has 3 amide bonds. The molecule has 1 aliphatic rings. The Balaban J connectivity index is 0.00000141. The fourth-order valence-corrected chi connectivity index (χ4v) is 1.87. The molecule has 5 nitrogen and oxygen atoms in total. The van der Waals surface area contributed by atoms with Crippen molar-refractivity contribution in [2.75, 3.05) is 0 Å². The van der Waals surface area contributed by atoms with Crippen LogP contribution in [0.2, 0.25) is 0 Å². The van der Waals surface area contributed by atoms with Crippen molar-refractivity contribution in [2.45, 2.75) is 46.1 Å². The number of carbonyl (C=O) groups excluding carboxylic acids is 3. The summed E-state index contributed by atoms with van der Waals surface area (Å²) < 4.78 is 0. The van der Waals surface area contributed by atoms with Crippen molar-refractivity contribution in [1.82, 2.24) is 5.32 Å². The second-order valence-electron chi connectivity index (χ2n) is 4.37. The minimum absolute atomic E-state index is 0. The zero-order valence-electron chi connectivity index (χ0n) is 13.0. The monoisotopic (exact) mass is 472 g/mol. The summed E-state index contributed by atoms with van der Waals surface area (Å²) in [5.74, 6) is -1.29. The van der Waals surface area contributed by atoms with Crippen LogP contribution < -0.4 is 5.32 Å². The molecule has 1 aromatic rings. The molecule has 1 aliphatic heterocycles. The minimum Gasteiger partial charge on any atom is -0.684 e. The Kier molecular flexibility index (Phi) is 9.59. The summed E-state index contributed by atoms with van der Waals surface area (Å²) >= 11 is 0. The smallest absolute Gasteiger partial charge is 0.684 e.